The summed E-state index contributed by atoms with van der Waals surface area (Å²) in [5, 5.41) is 6.50. The molecule has 0 bridgehead atoms. The van der Waals surface area contributed by atoms with Crippen LogP contribution in [-0.4, -0.2) is 17.4 Å². The van der Waals surface area contributed by atoms with Gasteiger partial charge in [0.25, 0.3) is 5.91 Å². The first-order valence-electron chi connectivity index (χ1n) is 5.95. The van der Waals surface area contributed by atoms with E-state index < -0.39 is 0 Å². The molecule has 1 aromatic carbocycles. The second kappa shape index (κ2) is 6.20. The van der Waals surface area contributed by atoms with Crippen molar-refractivity contribution in [2.75, 3.05) is 17.2 Å². The Kier molecular flexibility index (Phi) is 4.36. The fraction of sp³-hybridized carbons (Fsp3) is 0.143. The predicted octanol–water partition coefficient (Wildman–Crippen LogP) is 3.42. The minimum Gasteiger partial charge on any atom is -0.385 e. The van der Waals surface area contributed by atoms with E-state index in [2.05, 4.69) is 15.6 Å². The third-order valence-corrected chi connectivity index (χ3v) is 2.75. The molecule has 4 nitrogen and oxygen atoms in total. The molecular weight excluding hydrogens is 262 g/mol. The van der Waals surface area contributed by atoms with Crippen LogP contribution in [0.2, 0.25) is 5.02 Å². The topological polar surface area (TPSA) is 54.0 Å². The maximum absolute atomic E-state index is 12.2. The van der Waals surface area contributed by atoms with Crippen LogP contribution in [0.3, 0.4) is 0 Å². The molecule has 98 valence electrons. The summed E-state index contributed by atoms with van der Waals surface area (Å²) < 4.78 is 0. The van der Waals surface area contributed by atoms with Crippen LogP contribution in [0, 0.1) is 0 Å². The van der Waals surface area contributed by atoms with E-state index in [1.807, 2.05) is 6.92 Å². The number of carbonyl (C=O) groups excluding carboxylic acids is 1. The summed E-state index contributed by atoms with van der Waals surface area (Å²) in [6.45, 7) is 2.71. The van der Waals surface area contributed by atoms with E-state index in [-0.39, 0.29) is 5.91 Å². The number of carbonyl (C=O) groups is 1. The average Bonchev–Trinajstić information content (AvgIpc) is 2.39. The van der Waals surface area contributed by atoms with Gasteiger partial charge in [0.05, 0.1) is 11.3 Å². The van der Waals surface area contributed by atoms with Gasteiger partial charge in [0, 0.05) is 29.6 Å². The molecule has 0 saturated carbocycles. The van der Waals surface area contributed by atoms with Crippen molar-refractivity contribution in [3.05, 3.63) is 53.3 Å². The highest BCUT2D eigenvalue weighted by atomic mass is 35.5. The third-order valence-electron chi connectivity index (χ3n) is 2.52. The SMILES string of the molecule is CCNc1ccncc1C(=O)Nc1cccc(Cl)c1. The van der Waals surface area contributed by atoms with Crippen LogP contribution < -0.4 is 10.6 Å². The molecule has 0 aliphatic carbocycles. The second-order valence-corrected chi connectivity index (χ2v) is 4.35. The van der Waals surface area contributed by atoms with Crippen molar-refractivity contribution < 1.29 is 4.79 Å². The van der Waals surface area contributed by atoms with Crippen molar-refractivity contribution in [3.63, 3.8) is 0 Å². The number of benzene rings is 1. The van der Waals surface area contributed by atoms with Gasteiger partial charge in [0.2, 0.25) is 0 Å². The van der Waals surface area contributed by atoms with Gasteiger partial charge in [-0.1, -0.05) is 17.7 Å². The van der Waals surface area contributed by atoms with E-state index in [1.54, 1.807) is 36.5 Å². The van der Waals surface area contributed by atoms with Crippen molar-refractivity contribution >= 4 is 28.9 Å². The molecule has 2 rings (SSSR count). The molecule has 0 atom stereocenters. The second-order valence-electron chi connectivity index (χ2n) is 3.92. The Labute approximate surface area is 116 Å². The Hall–Kier alpha value is -2.07. The summed E-state index contributed by atoms with van der Waals surface area (Å²) in [6, 6.07) is 8.80. The van der Waals surface area contributed by atoms with Crippen molar-refractivity contribution in [2.45, 2.75) is 6.92 Å². The molecule has 0 fully saturated rings. The molecule has 1 aromatic heterocycles. The van der Waals surface area contributed by atoms with E-state index in [0.717, 1.165) is 12.2 Å². The lowest BCUT2D eigenvalue weighted by Crippen LogP contribution is -2.15. The first-order chi connectivity index (χ1) is 9.20. The number of halogens is 1. The van der Waals surface area contributed by atoms with Gasteiger partial charge in [-0.05, 0) is 31.2 Å². The van der Waals surface area contributed by atoms with E-state index in [1.165, 1.54) is 6.20 Å². The predicted molar refractivity (Wildman–Crippen MR) is 77.8 cm³/mol. The number of hydrogen-bond donors (Lipinski definition) is 2. The molecule has 19 heavy (non-hydrogen) atoms. The lowest BCUT2D eigenvalue weighted by atomic mass is 10.2. The molecule has 2 N–H and O–H groups in total. The van der Waals surface area contributed by atoms with Gasteiger partial charge in [0.15, 0.2) is 0 Å². The molecule has 0 aliphatic heterocycles. The summed E-state index contributed by atoms with van der Waals surface area (Å²) in [7, 11) is 0. The minimum atomic E-state index is -0.216. The molecule has 0 unspecified atom stereocenters. The number of hydrogen-bond acceptors (Lipinski definition) is 3. The Morgan fingerprint density at radius 1 is 1.37 bits per heavy atom. The van der Waals surface area contributed by atoms with E-state index >= 15 is 0 Å². The van der Waals surface area contributed by atoms with Crippen molar-refractivity contribution in [2.24, 2.45) is 0 Å². The lowest BCUT2D eigenvalue weighted by molar-refractivity contribution is 0.102. The fourth-order valence-corrected chi connectivity index (χ4v) is 1.87. The summed E-state index contributed by atoms with van der Waals surface area (Å²) in [4.78, 5) is 16.2. The lowest BCUT2D eigenvalue weighted by Gasteiger charge is -2.10. The Morgan fingerprint density at radius 3 is 2.95 bits per heavy atom. The quantitative estimate of drug-likeness (QED) is 0.899. The fourth-order valence-electron chi connectivity index (χ4n) is 1.68. The van der Waals surface area contributed by atoms with Gasteiger partial charge in [-0.25, -0.2) is 0 Å². The van der Waals surface area contributed by atoms with Gasteiger partial charge >= 0.3 is 0 Å². The van der Waals surface area contributed by atoms with Crippen LogP contribution >= 0.6 is 11.6 Å². The van der Waals surface area contributed by atoms with E-state index in [0.29, 0.717) is 16.3 Å². The Bertz CT molecular complexity index is 586. The van der Waals surface area contributed by atoms with Crippen LogP contribution in [0.5, 0.6) is 0 Å². The molecule has 0 spiro atoms. The van der Waals surface area contributed by atoms with Crippen LogP contribution in [0.15, 0.2) is 42.7 Å². The number of rotatable bonds is 4. The highest BCUT2D eigenvalue weighted by Crippen LogP contribution is 2.18. The summed E-state index contributed by atoms with van der Waals surface area (Å²) in [5.74, 6) is -0.216. The Morgan fingerprint density at radius 2 is 2.21 bits per heavy atom. The summed E-state index contributed by atoms with van der Waals surface area (Å²) in [6.07, 6.45) is 3.19. The van der Waals surface area contributed by atoms with Crippen LogP contribution in [0.25, 0.3) is 0 Å². The zero-order valence-electron chi connectivity index (χ0n) is 10.5. The van der Waals surface area contributed by atoms with Crippen molar-refractivity contribution in [1.82, 2.24) is 4.98 Å². The van der Waals surface area contributed by atoms with Gasteiger partial charge in [-0.3, -0.25) is 9.78 Å². The molecule has 0 saturated heterocycles. The molecule has 1 heterocycles. The average molecular weight is 276 g/mol. The highest BCUT2D eigenvalue weighted by molar-refractivity contribution is 6.31. The molecular formula is C14H14ClN3O. The zero-order valence-corrected chi connectivity index (χ0v) is 11.2. The highest BCUT2D eigenvalue weighted by Gasteiger charge is 2.11. The normalized spacial score (nSPS) is 10.0. The number of anilines is 2. The van der Waals surface area contributed by atoms with Crippen molar-refractivity contribution in [1.29, 1.82) is 0 Å². The smallest absolute Gasteiger partial charge is 0.259 e. The van der Waals surface area contributed by atoms with Crippen molar-refractivity contribution in [3.8, 4) is 0 Å². The third kappa shape index (κ3) is 3.45. The van der Waals surface area contributed by atoms with Crippen LogP contribution in [-0.2, 0) is 0 Å². The maximum Gasteiger partial charge on any atom is 0.259 e. The summed E-state index contributed by atoms with van der Waals surface area (Å²) in [5.41, 5.74) is 1.92. The molecule has 5 heteroatoms. The monoisotopic (exact) mass is 275 g/mol. The number of nitrogens with one attached hydrogen (secondary N) is 2. The summed E-state index contributed by atoms with van der Waals surface area (Å²) >= 11 is 5.88. The van der Waals surface area contributed by atoms with Gasteiger partial charge in [-0.2, -0.15) is 0 Å². The number of amides is 1. The zero-order chi connectivity index (χ0) is 13.7. The standard InChI is InChI=1S/C14H14ClN3O/c1-2-17-13-6-7-16-9-12(13)14(19)18-11-5-3-4-10(15)8-11/h3-9H,2H2,1H3,(H,16,17)(H,18,19). The molecule has 0 radical (unpaired) electrons. The van der Waals surface area contributed by atoms with E-state index in [4.69, 9.17) is 11.6 Å². The molecule has 1 amide bonds. The van der Waals surface area contributed by atoms with Gasteiger partial charge in [-0.15, -0.1) is 0 Å². The van der Waals surface area contributed by atoms with E-state index in [9.17, 15) is 4.79 Å². The van der Waals surface area contributed by atoms with Gasteiger partial charge in [0.1, 0.15) is 0 Å². The molecule has 2 aromatic rings. The number of pyridine rings is 1. The number of nitrogens with zero attached hydrogens (tertiary/aromatic N) is 1. The first kappa shape index (κ1) is 13.4. The minimum absolute atomic E-state index is 0.216. The number of aromatic nitrogens is 1. The van der Waals surface area contributed by atoms with Gasteiger partial charge < -0.3 is 10.6 Å². The first-order valence-corrected chi connectivity index (χ1v) is 6.33. The molecule has 0 aliphatic rings. The maximum atomic E-state index is 12.2. The Balaban J connectivity index is 2.20. The van der Waals surface area contributed by atoms with Crippen LogP contribution in [0.4, 0.5) is 11.4 Å². The van der Waals surface area contributed by atoms with Crippen LogP contribution in [0.1, 0.15) is 17.3 Å². The largest absolute Gasteiger partial charge is 0.385 e.